The first-order chi connectivity index (χ1) is 8.15. The summed E-state index contributed by atoms with van der Waals surface area (Å²) in [7, 11) is 0. The predicted molar refractivity (Wildman–Crippen MR) is 73.5 cm³/mol. The maximum absolute atomic E-state index is 11.7. The van der Waals surface area contributed by atoms with E-state index in [1.54, 1.807) is 12.1 Å². The maximum atomic E-state index is 11.7. The number of anilines is 1. The van der Waals surface area contributed by atoms with Gasteiger partial charge in [0.1, 0.15) is 0 Å². The lowest BCUT2D eigenvalue weighted by Gasteiger charge is -2.06. The minimum Gasteiger partial charge on any atom is -0.462 e. The number of hydrogen-bond donors (Lipinski definition) is 1. The van der Waals surface area contributed by atoms with Gasteiger partial charge < -0.3 is 10.5 Å². The second kappa shape index (κ2) is 7.22. The van der Waals surface area contributed by atoms with Gasteiger partial charge >= 0.3 is 5.97 Å². The van der Waals surface area contributed by atoms with Gasteiger partial charge in [-0.05, 0) is 42.5 Å². The number of thioether (sulfide) groups is 1. The molecule has 1 aromatic rings. The molecule has 0 spiro atoms. The smallest absolute Gasteiger partial charge is 0.338 e. The molecule has 0 aromatic heterocycles. The van der Waals surface area contributed by atoms with E-state index in [0.717, 1.165) is 23.5 Å². The lowest BCUT2D eigenvalue weighted by atomic mass is 10.1. The van der Waals surface area contributed by atoms with Crippen LogP contribution in [0.4, 0.5) is 5.69 Å². The zero-order chi connectivity index (χ0) is 12.7. The van der Waals surface area contributed by atoms with Crippen LogP contribution in [-0.4, -0.2) is 24.1 Å². The van der Waals surface area contributed by atoms with E-state index < -0.39 is 0 Å². The van der Waals surface area contributed by atoms with Gasteiger partial charge in [-0.25, -0.2) is 4.79 Å². The van der Waals surface area contributed by atoms with Gasteiger partial charge in [0.05, 0.1) is 12.2 Å². The Morgan fingerprint density at radius 1 is 1.47 bits per heavy atom. The Balaban J connectivity index is 2.39. The molecule has 0 fully saturated rings. The van der Waals surface area contributed by atoms with E-state index in [-0.39, 0.29) is 5.97 Å². The van der Waals surface area contributed by atoms with Crippen LogP contribution in [-0.2, 0) is 4.74 Å². The third-order valence-corrected chi connectivity index (χ3v) is 3.37. The van der Waals surface area contributed by atoms with E-state index in [0.29, 0.717) is 17.9 Å². The van der Waals surface area contributed by atoms with Crippen molar-refractivity contribution in [3.05, 3.63) is 29.3 Å². The van der Waals surface area contributed by atoms with Gasteiger partial charge in [-0.3, -0.25) is 0 Å². The molecule has 0 heterocycles. The number of aryl methyl sites for hydroxylation is 1. The summed E-state index contributed by atoms with van der Waals surface area (Å²) in [6.45, 7) is 4.50. The third-order valence-electron chi connectivity index (χ3n) is 2.39. The summed E-state index contributed by atoms with van der Waals surface area (Å²) in [4.78, 5) is 11.7. The Kier molecular flexibility index (Phi) is 5.91. The van der Waals surface area contributed by atoms with E-state index in [4.69, 9.17) is 10.5 Å². The van der Waals surface area contributed by atoms with Crippen LogP contribution < -0.4 is 5.73 Å². The van der Waals surface area contributed by atoms with Crippen LogP contribution in [0.1, 0.15) is 29.3 Å². The van der Waals surface area contributed by atoms with Crippen molar-refractivity contribution in [2.75, 3.05) is 23.8 Å². The Morgan fingerprint density at radius 3 is 2.88 bits per heavy atom. The fraction of sp³-hybridized carbons (Fsp3) is 0.462. The third kappa shape index (κ3) is 4.69. The van der Waals surface area contributed by atoms with Crippen LogP contribution in [0.5, 0.6) is 0 Å². The van der Waals surface area contributed by atoms with E-state index >= 15 is 0 Å². The topological polar surface area (TPSA) is 52.3 Å². The van der Waals surface area contributed by atoms with Gasteiger partial charge in [-0.2, -0.15) is 11.8 Å². The Morgan fingerprint density at radius 2 is 2.24 bits per heavy atom. The highest BCUT2D eigenvalue weighted by molar-refractivity contribution is 7.99. The molecule has 0 radical (unpaired) electrons. The highest BCUT2D eigenvalue weighted by Crippen LogP contribution is 2.13. The highest BCUT2D eigenvalue weighted by Gasteiger charge is 2.07. The zero-order valence-electron chi connectivity index (χ0n) is 10.4. The summed E-state index contributed by atoms with van der Waals surface area (Å²) in [5.41, 5.74) is 7.86. The van der Waals surface area contributed by atoms with Crippen molar-refractivity contribution in [3.8, 4) is 0 Å². The van der Waals surface area contributed by atoms with Crippen molar-refractivity contribution in [2.45, 2.75) is 20.3 Å². The minimum absolute atomic E-state index is 0.293. The minimum atomic E-state index is -0.293. The molecule has 0 aliphatic heterocycles. The average Bonchev–Trinajstić information content (AvgIpc) is 2.32. The zero-order valence-corrected chi connectivity index (χ0v) is 11.2. The number of ether oxygens (including phenoxy) is 1. The van der Waals surface area contributed by atoms with Crippen molar-refractivity contribution in [1.29, 1.82) is 0 Å². The Bertz CT molecular complexity index is 380. The fourth-order valence-electron chi connectivity index (χ4n) is 1.32. The van der Waals surface area contributed by atoms with Crippen molar-refractivity contribution in [1.82, 2.24) is 0 Å². The number of benzene rings is 1. The quantitative estimate of drug-likeness (QED) is 0.481. The van der Waals surface area contributed by atoms with Gasteiger partial charge in [-0.15, -0.1) is 0 Å². The van der Waals surface area contributed by atoms with Crippen molar-refractivity contribution in [2.24, 2.45) is 0 Å². The molecule has 17 heavy (non-hydrogen) atoms. The summed E-state index contributed by atoms with van der Waals surface area (Å²) < 4.78 is 5.16. The number of hydrogen-bond acceptors (Lipinski definition) is 4. The van der Waals surface area contributed by atoms with Crippen molar-refractivity contribution < 1.29 is 9.53 Å². The molecule has 0 aliphatic rings. The van der Waals surface area contributed by atoms with Gasteiger partial charge in [0.2, 0.25) is 0 Å². The van der Waals surface area contributed by atoms with Gasteiger partial charge in [0.25, 0.3) is 0 Å². The molecule has 0 amide bonds. The maximum Gasteiger partial charge on any atom is 0.338 e. The Hall–Kier alpha value is -1.16. The molecule has 0 atom stereocenters. The van der Waals surface area contributed by atoms with Gasteiger partial charge in [0, 0.05) is 5.69 Å². The molecule has 2 N–H and O–H groups in total. The molecule has 0 bridgehead atoms. The van der Waals surface area contributed by atoms with E-state index in [2.05, 4.69) is 6.92 Å². The lowest BCUT2D eigenvalue weighted by molar-refractivity contribution is 0.0506. The summed E-state index contributed by atoms with van der Waals surface area (Å²) in [5, 5.41) is 0. The lowest BCUT2D eigenvalue weighted by Crippen LogP contribution is -2.08. The predicted octanol–water partition coefficient (Wildman–Crippen LogP) is 2.88. The molecule has 94 valence electrons. The number of esters is 1. The summed E-state index contributed by atoms with van der Waals surface area (Å²) in [6.07, 6.45) is 0.894. The van der Waals surface area contributed by atoms with Gasteiger partial charge in [0.15, 0.2) is 0 Å². The van der Waals surface area contributed by atoms with Crippen LogP contribution in [0.15, 0.2) is 18.2 Å². The average molecular weight is 253 g/mol. The molecule has 1 aromatic carbocycles. The van der Waals surface area contributed by atoms with Crippen LogP contribution in [0.3, 0.4) is 0 Å². The number of nitrogens with two attached hydrogens (primary N) is 1. The van der Waals surface area contributed by atoms with Crippen LogP contribution in [0.2, 0.25) is 0 Å². The normalized spacial score (nSPS) is 10.2. The molecule has 0 saturated heterocycles. The highest BCUT2D eigenvalue weighted by atomic mass is 32.2. The SMILES string of the molecule is CCSCCCOC(=O)c1ccc(C)c(N)c1. The number of rotatable bonds is 6. The number of carbonyl (C=O) groups is 1. The monoisotopic (exact) mass is 253 g/mol. The standard InChI is InChI=1S/C13H19NO2S/c1-3-17-8-4-7-16-13(15)11-6-5-10(2)12(14)9-11/h5-6,9H,3-4,7-8,14H2,1-2H3. The van der Waals surface area contributed by atoms with E-state index in [9.17, 15) is 4.79 Å². The summed E-state index contributed by atoms with van der Waals surface area (Å²) >= 11 is 1.85. The van der Waals surface area contributed by atoms with Crippen molar-refractivity contribution in [3.63, 3.8) is 0 Å². The molecule has 0 saturated carbocycles. The van der Waals surface area contributed by atoms with Crippen LogP contribution in [0, 0.1) is 6.92 Å². The first-order valence-corrected chi connectivity index (χ1v) is 6.91. The first-order valence-electron chi connectivity index (χ1n) is 5.76. The molecule has 1 rings (SSSR count). The Labute approximate surface area is 107 Å². The molecule has 3 nitrogen and oxygen atoms in total. The number of carbonyl (C=O) groups excluding carboxylic acids is 1. The van der Waals surface area contributed by atoms with Crippen LogP contribution in [0.25, 0.3) is 0 Å². The van der Waals surface area contributed by atoms with Crippen LogP contribution >= 0.6 is 11.8 Å². The largest absolute Gasteiger partial charge is 0.462 e. The molecule has 0 aliphatic carbocycles. The van der Waals surface area contributed by atoms with Gasteiger partial charge in [-0.1, -0.05) is 13.0 Å². The van der Waals surface area contributed by atoms with E-state index in [1.165, 1.54) is 0 Å². The van der Waals surface area contributed by atoms with E-state index in [1.807, 2.05) is 24.8 Å². The summed E-state index contributed by atoms with van der Waals surface area (Å²) in [5.74, 6) is 1.83. The molecule has 4 heteroatoms. The molecular weight excluding hydrogens is 234 g/mol. The summed E-state index contributed by atoms with van der Waals surface area (Å²) in [6, 6.07) is 5.24. The fourth-order valence-corrected chi connectivity index (χ4v) is 1.93. The number of nitrogen functional groups attached to an aromatic ring is 1. The van der Waals surface area contributed by atoms with Crippen molar-refractivity contribution >= 4 is 23.4 Å². The molecular formula is C13H19NO2S. The first kappa shape index (κ1) is 13.9. The second-order valence-electron chi connectivity index (χ2n) is 3.76. The molecule has 0 unspecified atom stereocenters. The second-order valence-corrected chi connectivity index (χ2v) is 5.15.